The Morgan fingerprint density at radius 3 is 2.54 bits per heavy atom. The van der Waals surface area contributed by atoms with Gasteiger partial charge < -0.3 is 4.74 Å². The summed E-state index contributed by atoms with van der Waals surface area (Å²) < 4.78 is 30.7. The van der Waals surface area contributed by atoms with Gasteiger partial charge in [-0.1, -0.05) is 12.1 Å². The van der Waals surface area contributed by atoms with Gasteiger partial charge in [0.1, 0.15) is 5.75 Å². The number of ether oxygens (including phenoxy) is 1. The summed E-state index contributed by atoms with van der Waals surface area (Å²) in [6.07, 6.45) is -1.11. The minimum Gasteiger partial charge on any atom is -0.483 e. The Balaban J connectivity index is 2.07. The van der Waals surface area contributed by atoms with Crippen LogP contribution in [0.4, 0.5) is 8.78 Å². The first-order valence-corrected chi connectivity index (χ1v) is 4.68. The Morgan fingerprint density at radius 2 is 2.00 bits per heavy atom. The molecule has 0 amide bonds. The maximum atomic E-state index is 12.5. The lowest BCUT2D eigenvalue weighted by Gasteiger charge is -2.05. The van der Waals surface area contributed by atoms with Gasteiger partial charge in [-0.25, -0.2) is 8.78 Å². The maximum Gasteiger partial charge on any atom is 0.288 e. The van der Waals surface area contributed by atoms with Crippen LogP contribution in [0.25, 0.3) is 0 Å². The molecule has 0 aromatic heterocycles. The van der Waals surface area contributed by atoms with Crippen LogP contribution in [0, 0.1) is 0 Å². The molecule has 1 aromatic rings. The standard InChI is InChI=1S/C9H7BrF2O/c10-6-3-1-2-4-7(6)13-8-5-9(8,11)12/h1-4,8H,5H2. The van der Waals surface area contributed by atoms with Gasteiger partial charge in [0, 0.05) is 0 Å². The first kappa shape index (κ1) is 8.94. The second-order valence-corrected chi connectivity index (χ2v) is 3.86. The molecule has 2 rings (SSSR count). The van der Waals surface area contributed by atoms with Gasteiger partial charge in [-0.05, 0) is 28.1 Å². The zero-order chi connectivity index (χ0) is 9.47. The van der Waals surface area contributed by atoms with Crippen molar-refractivity contribution in [2.24, 2.45) is 0 Å². The molecule has 4 heteroatoms. The molecular formula is C9H7BrF2O. The second kappa shape index (κ2) is 2.94. The van der Waals surface area contributed by atoms with E-state index in [2.05, 4.69) is 15.9 Å². The molecule has 1 nitrogen and oxygen atoms in total. The third kappa shape index (κ3) is 1.82. The highest BCUT2D eigenvalue weighted by atomic mass is 79.9. The largest absolute Gasteiger partial charge is 0.483 e. The van der Waals surface area contributed by atoms with Crippen molar-refractivity contribution in [3.63, 3.8) is 0 Å². The molecule has 1 unspecified atom stereocenters. The Hall–Kier alpha value is -0.640. The SMILES string of the molecule is FC1(F)CC1Oc1ccccc1Br. The fourth-order valence-corrected chi connectivity index (χ4v) is 1.39. The van der Waals surface area contributed by atoms with Crippen molar-refractivity contribution in [3.05, 3.63) is 28.7 Å². The number of hydrogen-bond acceptors (Lipinski definition) is 1. The molecule has 1 atom stereocenters. The van der Waals surface area contributed by atoms with Crippen LogP contribution >= 0.6 is 15.9 Å². The van der Waals surface area contributed by atoms with E-state index in [4.69, 9.17) is 4.74 Å². The third-order valence-corrected chi connectivity index (χ3v) is 2.53. The van der Waals surface area contributed by atoms with Gasteiger partial charge in [-0.2, -0.15) is 0 Å². The van der Waals surface area contributed by atoms with Crippen LogP contribution in [-0.4, -0.2) is 12.0 Å². The fourth-order valence-electron chi connectivity index (χ4n) is 1.01. The summed E-state index contributed by atoms with van der Waals surface area (Å²) in [7, 11) is 0. The first-order chi connectivity index (χ1) is 6.09. The van der Waals surface area contributed by atoms with E-state index in [0.29, 0.717) is 10.2 Å². The van der Waals surface area contributed by atoms with Crippen molar-refractivity contribution in [3.8, 4) is 5.75 Å². The predicted molar refractivity (Wildman–Crippen MR) is 48.1 cm³/mol. The molecule has 0 spiro atoms. The van der Waals surface area contributed by atoms with Crippen LogP contribution in [0.15, 0.2) is 28.7 Å². The van der Waals surface area contributed by atoms with Crippen LogP contribution < -0.4 is 4.74 Å². The molecule has 1 aliphatic carbocycles. The molecule has 1 fully saturated rings. The van der Waals surface area contributed by atoms with Crippen molar-refractivity contribution >= 4 is 15.9 Å². The van der Waals surface area contributed by atoms with Crippen LogP contribution in [0.3, 0.4) is 0 Å². The monoisotopic (exact) mass is 248 g/mol. The Kier molecular flexibility index (Phi) is 2.02. The molecule has 0 heterocycles. The number of rotatable bonds is 2. The topological polar surface area (TPSA) is 9.23 Å². The fraction of sp³-hybridized carbons (Fsp3) is 0.333. The summed E-state index contributed by atoms with van der Waals surface area (Å²) in [6, 6.07) is 6.98. The molecule has 0 aliphatic heterocycles. The number of benzene rings is 1. The summed E-state index contributed by atoms with van der Waals surface area (Å²) in [5.41, 5.74) is 0. The Morgan fingerprint density at radius 1 is 1.38 bits per heavy atom. The van der Waals surface area contributed by atoms with E-state index in [0.717, 1.165) is 0 Å². The zero-order valence-corrected chi connectivity index (χ0v) is 8.22. The maximum absolute atomic E-state index is 12.5. The minimum atomic E-state index is -2.63. The van der Waals surface area contributed by atoms with E-state index < -0.39 is 12.0 Å². The second-order valence-electron chi connectivity index (χ2n) is 3.00. The molecule has 0 N–H and O–H groups in total. The third-order valence-electron chi connectivity index (χ3n) is 1.87. The van der Waals surface area contributed by atoms with Gasteiger partial charge >= 0.3 is 0 Å². The van der Waals surface area contributed by atoms with Gasteiger partial charge in [0.2, 0.25) is 0 Å². The van der Waals surface area contributed by atoms with Crippen molar-refractivity contribution in [1.82, 2.24) is 0 Å². The zero-order valence-electron chi connectivity index (χ0n) is 6.64. The Labute approximate surface area is 82.8 Å². The quantitative estimate of drug-likeness (QED) is 0.781. The van der Waals surface area contributed by atoms with E-state index in [9.17, 15) is 8.78 Å². The van der Waals surface area contributed by atoms with Gasteiger partial charge in [0.15, 0.2) is 6.10 Å². The first-order valence-electron chi connectivity index (χ1n) is 3.88. The molecule has 1 aromatic carbocycles. The smallest absolute Gasteiger partial charge is 0.288 e. The highest BCUT2D eigenvalue weighted by molar-refractivity contribution is 9.10. The van der Waals surface area contributed by atoms with Gasteiger partial charge in [0.25, 0.3) is 5.92 Å². The molecule has 13 heavy (non-hydrogen) atoms. The lowest BCUT2D eigenvalue weighted by molar-refractivity contribution is 0.0662. The van der Waals surface area contributed by atoms with E-state index in [1.165, 1.54) is 0 Å². The molecule has 1 aliphatic rings. The number of para-hydroxylation sites is 1. The average Bonchev–Trinajstić information content (AvgIpc) is 2.64. The normalized spacial score (nSPS) is 24.1. The highest BCUT2D eigenvalue weighted by Crippen LogP contribution is 2.45. The number of alkyl halides is 2. The van der Waals surface area contributed by atoms with E-state index in [-0.39, 0.29) is 6.42 Å². The van der Waals surface area contributed by atoms with Crippen molar-refractivity contribution in [1.29, 1.82) is 0 Å². The lowest BCUT2D eigenvalue weighted by Crippen LogP contribution is -2.07. The van der Waals surface area contributed by atoms with Gasteiger partial charge in [-0.15, -0.1) is 0 Å². The van der Waals surface area contributed by atoms with E-state index in [1.807, 2.05) is 6.07 Å². The average molecular weight is 249 g/mol. The summed E-state index contributed by atoms with van der Waals surface area (Å²) in [6.45, 7) is 0. The van der Waals surface area contributed by atoms with E-state index >= 15 is 0 Å². The minimum absolute atomic E-state index is 0.172. The summed E-state index contributed by atoms with van der Waals surface area (Å²) in [4.78, 5) is 0. The van der Waals surface area contributed by atoms with Crippen LogP contribution in [0.1, 0.15) is 6.42 Å². The Bertz CT molecular complexity index is 327. The molecular weight excluding hydrogens is 242 g/mol. The van der Waals surface area contributed by atoms with Crippen LogP contribution in [0.5, 0.6) is 5.75 Å². The summed E-state index contributed by atoms with van der Waals surface area (Å²) in [5, 5.41) is 0. The van der Waals surface area contributed by atoms with Crippen molar-refractivity contribution in [2.75, 3.05) is 0 Å². The van der Waals surface area contributed by atoms with Gasteiger partial charge in [0.05, 0.1) is 10.9 Å². The van der Waals surface area contributed by atoms with Gasteiger partial charge in [-0.3, -0.25) is 0 Å². The number of hydrogen-bond donors (Lipinski definition) is 0. The van der Waals surface area contributed by atoms with Crippen molar-refractivity contribution in [2.45, 2.75) is 18.4 Å². The molecule has 70 valence electrons. The number of halogens is 3. The van der Waals surface area contributed by atoms with Crippen LogP contribution in [-0.2, 0) is 0 Å². The molecule has 0 bridgehead atoms. The summed E-state index contributed by atoms with van der Waals surface area (Å²) in [5.74, 6) is -2.15. The lowest BCUT2D eigenvalue weighted by atomic mass is 10.3. The van der Waals surface area contributed by atoms with Crippen LogP contribution in [0.2, 0.25) is 0 Å². The molecule has 1 saturated carbocycles. The highest BCUT2D eigenvalue weighted by Gasteiger charge is 2.59. The van der Waals surface area contributed by atoms with Crippen molar-refractivity contribution < 1.29 is 13.5 Å². The summed E-state index contributed by atoms with van der Waals surface area (Å²) >= 11 is 3.22. The predicted octanol–water partition coefficient (Wildman–Crippen LogP) is 3.24. The molecule has 0 radical (unpaired) electrons. The van der Waals surface area contributed by atoms with E-state index in [1.54, 1.807) is 18.2 Å². The molecule has 0 saturated heterocycles.